The Bertz CT molecular complexity index is 529. The van der Waals surface area contributed by atoms with Crippen molar-refractivity contribution < 1.29 is 9.47 Å². The molecule has 4 heteroatoms. The highest BCUT2D eigenvalue weighted by atomic mass is 79.9. The second-order valence-corrected chi connectivity index (χ2v) is 4.71. The van der Waals surface area contributed by atoms with E-state index < -0.39 is 0 Å². The highest BCUT2D eigenvalue weighted by molar-refractivity contribution is 9.10. The van der Waals surface area contributed by atoms with Crippen molar-refractivity contribution in [1.29, 1.82) is 0 Å². The van der Waals surface area contributed by atoms with Gasteiger partial charge in [-0.1, -0.05) is 33.6 Å². The molecule has 0 radical (unpaired) electrons. The average molecular weight is 314 g/mol. The van der Waals surface area contributed by atoms with E-state index in [-0.39, 0.29) is 0 Å². The number of hydrogen-bond acceptors (Lipinski definition) is 2. The maximum atomic E-state index is 5.88. The molecule has 2 nitrogen and oxygen atoms in total. The molecule has 0 spiro atoms. The number of methoxy groups -OCH3 is 1. The van der Waals surface area contributed by atoms with Crippen molar-refractivity contribution in [2.24, 2.45) is 0 Å². The van der Waals surface area contributed by atoms with Crippen molar-refractivity contribution >= 4 is 27.5 Å². The zero-order valence-electron chi connectivity index (χ0n) is 9.11. The van der Waals surface area contributed by atoms with Crippen LogP contribution in [0.2, 0.25) is 5.02 Å². The van der Waals surface area contributed by atoms with Gasteiger partial charge in [0.15, 0.2) is 11.5 Å². The zero-order chi connectivity index (χ0) is 12.3. The van der Waals surface area contributed by atoms with Crippen LogP contribution >= 0.6 is 27.5 Å². The smallest absolute Gasteiger partial charge is 0.169 e. The highest BCUT2D eigenvalue weighted by Gasteiger charge is 2.06. The molecule has 17 heavy (non-hydrogen) atoms. The molecule has 2 rings (SSSR count). The number of halogens is 2. The van der Waals surface area contributed by atoms with Gasteiger partial charge < -0.3 is 9.47 Å². The van der Waals surface area contributed by atoms with Gasteiger partial charge >= 0.3 is 0 Å². The number of benzene rings is 2. The Morgan fingerprint density at radius 2 is 1.88 bits per heavy atom. The zero-order valence-corrected chi connectivity index (χ0v) is 11.5. The Hall–Kier alpha value is -1.19. The fourth-order valence-electron chi connectivity index (χ4n) is 1.38. The first-order valence-electron chi connectivity index (χ1n) is 4.96. The van der Waals surface area contributed by atoms with Gasteiger partial charge in [-0.05, 0) is 30.3 Å². The van der Waals surface area contributed by atoms with Crippen molar-refractivity contribution in [1.82, 2.24) is 0 Å². The summed E-state index contributed by atoms with van der Waals surface area (Å²) in [4.78, 5) is 0. The van der Waals surface area contributed by atoms with Gasteiger partial charge in [0.2, 0.25) is 0 Å². The Labute approximate surface area is 113 Å². The van der Waals surface area contributed by atoms with Gasteiger partial charge in [-0.2, -0.15) is 0 Å². The maximum absolute atomic E-state index is 5.88. The van der Waals surface area contributed by atoms with Crippen LogP contribution in [0.4, 0.5) is 0 Å². The van der Waals surface area contributed by atoms with Gasteiger partial charge in [0.05, 0.1) is 7.11 Å². The summed E-state index contributed by atoms with van der Waals surface area (Å²) < 4.78 is 11.9. The predicted molar refractivity (Wildman–Crippen MR) is 72.2 cm³/mol. The summed E-state index contributed by atoms with van der Waals surface area (Å²) in [6, 6.07) is 12.9. The molecule has 2 aromatic rings. The van der Waals surface area contributed by atoms with Crippen molar-refractivity contribution in [2.45, 2.75) is 0 Å². The quantitative estimate of drug-likeness (QED) is 0.802. The highest BCUT2D eigenvalue weighted by Crippen LogP contribution is 2.34. The van der Waals surface area contributed by atoms with Crippen LogP contribution in [0.15, 0.2) is 46.9 Å². The predicted octanol–water partition coefficient (Wildman–Crippen LogP) is 4.90. The third-order valence-electron chi connectivity index (χ3n) is 2.15. The van der Waals surface area contributed by atoms with Crippen LogP contribution < -0.4 is 9.47 Å². The Balaban J connectivity index is 2.29. The molecule has 0 saturated heterocycles. The molecule has 88 valence electrons. The molecule has 0 heterocycles. The number of ether oxygens (including phenoxy) is 2. The van der Waals surface area contributed by atoms with E-state index in [4.69, 9.17) is 21.1 Å². The Kier molecular flexibility index (Phi) is 3.92. The van der Waals surface area contributed by atoms with Crippen LogP contribution in [0, 0.1) is 0 Å². The summed E-state index contributed by atoms with van der Waals surface area (Å²) in [6.45, 7) is 0. The van der Waals surface area contributed by atoms with E-state index in [0.29, 0.717) is 16.5 Å². The first-order chi connectivity index (χ1) is 8.19. The molecule has 0 N–H and O–H groups in total. The second kappa shape index (κ2) is 5.43. The molecule has 0 saturated carbocycles. The lowest BCUT2D eigenvalue weighted by Crippen LogP contribution is -1.90. The largest absolute Gasteiger partial charge is 0.493 e. The minimum absolute atomic E-state index is 0.609. The van der Waals surface area contributed by atoms with E-state index in [1.807, 2.05) is 24.3 Å². The third kappa shape index (κ3) is 3.14. The topological polar surface area (TPSA) is 18.5 Å². The van der Waals surface area contributed by atoms with Gasteiger partial charge in [-0.3, -0.25) is 0 Å². The first kappa shape index (κ1) is 12.3. The van der Waals surface area contributed by atoms with E-state index in [0.717, 1.165) is 10.2 Å². The van der Waals surface area contributed by atoms with Crippen molar-refractivity contribution in [2.75, 3.05) is 7.11 Å². The lowest BCUT2D eigenvalue weighted by Gasteiger charge is -2.10. The monoisotopic (exact) mass is 312 g/mol. The van der Waals surface area contributed by atoms with Crippen molar-refractivity contribution in [3.8, 4) is 17.2 Å². The SMILES string of the molecule is COc1cc(Cl)ccc1Oc1cccc(Br)c1. The van der Waals surface area contributed by atoms with E-state index in [2.05, 4.69) is 15.9 Å². The van der Waals surface area contributed by atoms with Gasteiger partial charge in [0.1, 0.15) is 5.75 Å². The van der Waals surface area contributed by atoms with Crippen LogP contribution in [0.5, 0.6) is 17.2 Å². The third-order valence-corrected chi connectivity index (χ3v) is 2.88. The molecule has 0 bridgehead atoms. The summed E-state index contributed by atoms with van der Waals surface area (Å²) in [5, 5.41) is 0.614. The van der Waals surface area contributed by atoms with Gasteiger partial charge in [0, 0.05) is 15.6 Å². The average Bonchev–Trinajstić information content (AvgIpc) is 2.31. The van der Waals surface area contributed by atoms with E-state index >= 15 is 0 Å². The van der Waals surface area contributed by atoms with Gasteiger partial charge in [-0.15, -0.1) is 0 Å². The Morgan fingerprint density at radius 3 is 2.59 bits per heavy atom. The molecule has 0 unspecified atom stereocenters. The van der Waals surface area contributed by atoms with Crippen LogP contribution in [-0.4, -0.2) is 7.11 Å². The Morgan fingerprint density at radius 1 is 1.06 bits per heavy atom. The summed E-state index contributed by atoms with van der Waals surface area (Å²) in [5.41, 5.74) is 0. The molecule has 0 amide bonds. The number of hydrogen-bond donors (Lipinski definition) is 0. The van der Waals surface area contributed by atoms with E-state index in [1.54, 1.807) is 25.3 Å². The minimum Gasteiger partial charge on any atom is -0.493 e. The maximum Gasteiger partial charge on any atom is 0.169 e. The molecule has 0 aromatic heterocycles. The second-order valence-electron chi connectivity index (χ2n) is 3.35. The summed E-state index contributed by atoms with van der Waals surface area (Å²) >= 11 is 9.27. The summed E-state index contributed by atoms with van der Waals surface area (Å²) in [6.07, 6.45) is 0. The molecular weight excluding hydrogens is 303 g/mol. The standard InChI is InChI=1S/C13H10BrClO2/c1-16-13-8-10(15)5-6-12(13)17-11-4-2-3-9(14)7-11/h2-8H,1H3. The minimum atomic E-state index is 0.609. The van der Waals surface area contributed by atoms with Crippen LogP contribution in [0.25, 0.3) is 0 Å². The lowest BCUT2D eigenvalue weighted by molar-refractivity contribution is 0.379. The van der Waals surface area contributed by atoms with Crippen molar-refractivity contribution in [3.05, 3.63) is 52.0 Å². The molecule has 0 aliphatic rings. The summed E-state index contributed by atoms with van der Waals surface area (Å²) in [7, 11) is 1.58. The molecule has 0 aliphatic carbocycles. The van der Waals surface area contributed by atoms with Crippen LogP contribution in [0.1, 0.15) is 0 Å². The van der Waals surface area contributed by atoms with Crippen molar-refractivity contribution in [3.63, 3.8) is 0 Å². The molecular formula is C13H10BrClO2. The molecule has 0 atom stereocenters. The van der Waals surface area contributed by atoms with Crippen LogP contribution in [0.3, 0.4) is 0 Å². The summed E-state index contributed by atoms with van der Waals surface area (Å²) in [5.74, 6) is 1.98. The molecule has 0 fully saturated rings. The fourth-order valence-corrected chi connectivity index (χ4v) is 1.92. The fraction of sp³-hybridized carbons (Fsp3) is 0.0769. The van der Waals surface area contributed by atoms with Gasteiger partial charge in [-0.25, -0.2) is 0 Å². The first-order valence-corrected chi connectivity index (χ1v) is 6.13. The van der Waals surface area contributed by atoms with Gasteiger partial charge in [0.25, 0.3) is 0 Å². The lowest BCUT2D eigenvalue weighted by atomic mass is 10.3. The number of rotatable bonds is 3. The molecule has 2 aromatic carbocycles. The van der Waals surface area contributed by atoms with E-state index in [1.165, 1.54) is 0 Å². The van der Waals surface area contributed by atoms with E-state index in [9.17, 15) is 0 Å². The molecule has 0 aliphatic heterocycles. The van der Waals surface area contributed by atoms with Crippen LogP contribution in [-0.2, 0) is 0 Å². The normalized spacial score (nSPS) is 10.1.